The predicted octanol–water partition coefficient (Wildman–Crippen LogP) is 1.23. The summed E-state index contributed by atoms with van der Waals surface area (Å²) >= 11 is 0. The number of carbonyl (C=O) groups is 1. The molecule has 4 nitrogen and oxygen atoms in total. The minimum Gasteiger partial charge on any atom is -0.368 e. The third-order valence-electron chi connectivity index (χ3n) is 2.54. The molecule has 5 heteroatoms. The van der Waals surface area contributed by atoms with E-state index in [9.17, 15) is 9.18 Å². The van der Waals surface area contributed by atoms with Gasteiger partial charge in [0.2, 0.25) is 5.91 Å². The fourth-order valence-corrected chi connectivity index (χ4v) is 1.94. The van der Waals surface area contributed by atoms with Crippen LogP contribution in [0, 0.1) is 11.7 Å². The molecule has 0 heterocycles. The summed E-state index contributed by atoms with van der Waals surface area (Å²) in [5.41, 5.74) is 11.9. The summed E-state index contributed by atoms with van der Waals surface area (Å²) in [4.78, 5) is 12.8. The molecule has 18 heavy (non-hydrogen) atoms. The second kappa shape index (κ2) is 6.35. The van der Waals surface area contributed by atoms with Gasteiger partial charge in [-0.05, 0) is 17.5 Å². The topological polar surface area (TPSA) is 72.3 Å². The zero-order chi connectivity index (χ0) is 13.7. The zero-order valence-electron chi connectivity index (χ0n) is 10.8. The average Bonchev–Trinajstić information content (AvgIpc) is 2.26. The zero-order valence-corrected chi connectivity index (χ0v) is 10.8. The second-order valence-corrected chi connectivity index (χ2v) is 4.69. The van der Waals surface area contributed by atoms with Gasteiger partial charge >= 0.3 is 0 Å². The van der Waals surface area contributed by atoms with Crippen LogP contribution in [0.25, 0.3) is 0 Å². The normalized spacial score (nSPS) is 10.7. The fraction of sp³-hybridized carbons (Fsp3) is 0.462. The molecule has 0 aliphatic rings. The molecule has 0 saturated carbocycles. The van der Waals surface area contributed by atoms with Gasteiger partial charge in [0.05, 0.1) is 12.2 Å². The van der Waals surface area contributed by atoms with Crippen molar-refractivity contribution in [2.75, 3.05) is 18.0 Å². The summed E-state index contributed by atoms with van der Waals surface area (Å²) in [5, 5.41) is 0. The molecular weight excluding hydrogens is 233 g/mol. The highest BCUT2D eigenvalue weighted by molar-refractivity contribution is 5.80. The van der Waals surface area contributed by atoms with E-state index in [4.69, 9.17) is 11.5 Å². The first-order chi connectivity index (χ1) is 8.45. The lowest BCUT2D eigenvalue weighted by Gasteiger charge is -2.27. The van der Waals surface area contributed by atoms with Crippen LogP contribution in [0.5, 0.6) is 0 Å². The summed E-state index contributed by atoms with van der Waals surface area (Å²) in [6.07, 6.45) is 0. The van der Waals surface area contributed by atoms with Gasteiger partial charge in [0.25, 0.3) is 0 Å². The molecule has 0 aliphatic carbocycles. The summed E-state index contributed by atoms with van der Waals surface area (Å²) < 4.78 is 13.9. The maximum atomic E-state index is 13.9. The molecule has 0 bridgehead atoms. The van der Waals surface area contributed by atoms with Crippen molar-refractivity contribution >= 4 is 11.6 Å². The van der Waals surface area contributed by atoms with E-state index in [1.807, 2.05) is 13.8 Å². The molecule has 0 unspecified atom stereocenters. The fourth-order valence-electron chi connectivity index (χ4n) is 1.94. The predicted molar refractivity (Wildman–Crippen MR) is 70.5 cm³/mol. The second-order valence-electron chi connectivity index (χ2n) is 4.69. The van der Waals surface area contributed by atoms with Crippen LogP contribution in [-0.4, -0.2) is 19.0 Å². The Morgan fingerprint density at radius 3 is 2.61 bits per heavy atom. The Morgan fingerprint density at radius 2 is 2.11 bits per heavy atom. The molecule has 1 rings (SSSR count). The third kappa shape index (κ3) is 3.70. The quantitative estimate of drug-likeness (QED) is 0.801. The number of carbonyl (C=O) groups excluding carboxylic acids is 1. The highest BCUT2D eigenvalue weighted by atomic mass is 19.1. The molecule has 0 radical (unpaired) electrons. The smallest absolute Gasteiger partial charge is 0.236 e. The lowest BCUT2D eigenvalue weighted by Crippen LogP contribution is -2.37. The maximum Gasteiger partial charge on any atom is 0.236 e. The van der Waals surface area contributed by atoms with Gasteiger partial charge in [0, 0.05) is 13.1 Å². The van der Waals surface area contributed by atoms with Crippen LogP contribution in [0.1, 0.15) is 19.4 Å². The van der Waals surface area contributed by atoms with E-state index in [2.05, 4.69) is 0 Å². The molecule has 0 atom stereocenters. The van der Waals surface area contributed by atoms with E-state index >= 15 is 0 Å². The van der Waals surface area contributed by atoms with Crippen LogP contribution in [0.2, 0.25) is 0 Å². The van der Waals surface area contributed by atoms with Gasteiger partial charge in [-0.2, -0.15) is 0 Å². The SMILES string of the molecule is CC(C)CN(CC(N)=O)c1c(F)cccc1CN. The van der Waals surface area contributed by atoms with E-state index in [1.165, 1.54) is 6.07 Å². The molecule has 100 valence electrons. The van der Waals surface area contributed by atoms with E-state index in [1.54, 1.807) is 17.0 Å². The largest absolute Gasteiger partial charge is 0.368 e. The number of hydrogen-bond acceptors (Lipinski definition) is 3. The van der Waals surface area contributed by atoms with Crippen molar-refractivity contribution in [2.24, 2.45) is 17.4 Å². The molecule has 1 amide bonds. The van der Waals surface area contributed by atoms with Crippen molar-refractivity contribution in [3.8, 4) is 0 Å². The van der Waals surface area contributed by atoms with E-state index in [-0.39, 0.29) is 24.8 Å². The summed E-state index contributed by atoms with van der Waals surface area (Å²) in [6, 6.07) is 4.73. The van der Waals surface area contributed by atoms with Gasteiger partial charge in [-0.25, -0.2) is 4.39 Å². The third-order valence-corrected chi connectivity index (χ3v) is 2.54. The molecule has 1 aromatic rings. The van der Waals surface area contributed by atoms with Crippen molar-refractivity contribution in [1.29, 1.82) is 0 Å². The van der Waals surface area contributed by atoms with Crippen LogP contribution in [0.4, 0.5) is 10.1 Å². The van der Waals surface area contributed by atoms with Gasteiger partial charge in [-0.15, -0.1) is 0 Å². The van der Waals surface area contributed by atoms with Crippen molar-refractivity contribution in [1.82, 2.24) is 0 Å². The minimum absolute atomic E-state index is 0.00782. The van der Waals surface area contributed by atoms with E-state index < -0.39 is 5.91 Å². The van der Waals surface area contributed by atoms with Crippen molar-refractivity contribution in [2.45, 2.75) is 20.4 Å². The summed E-state index contributed by atoms with van der Waals surface area (Å²) in [6.45, 7) is 4.76. The Kier molecular flexibility index (Phi) is 5.09. The van der Waals surface area contributed by atoms with Crippen molar-refractivity contribution < 1.29 is 9.18 Å². The van der Waals surface area contributed by atoms with Crippen molar-refractivity contribution in [3.63, 3.8) is 0 Å². The Bertz CT molecular complexity index is 421. The van der Waals surface area contributed by atoms with Crippen LogP contribution in [-0.2, 0) is 11.3 Å². The van der Waals surface area contributed by atoms with E-state index in [0.717, 1.165) is 0 Å². The lowest BCUT2D eigenvalue weighted by molar-refractivity contribution is -0.116. The molecule has 4 N–H and O–H groups in total. The Balaban J connectivity index is 3.14. The van der Waals surface area contributed by atoms with Gasteiger partial charge in [0.1, 0.15) is 5.82 Å². The van der Waals surface area contributed by atoms with Crippen molar-refractivity contribution in [3.05, 3.63) is 29.6 Å². The molecule has 1 aromatic carbocycles. The number of halogens is 1. The lowest BCUT2D eigenvalue weighted by atomic mass is 10.1. The number of benzene rings is 1. The number of primary amides is 1. The Labute approximate surface area is 107 Å². The number of hydrogen-bond donors (Lipinski definition) is 2. The maximum absolute atomic E-state index is 13.9. The highest BCUT2D eigenvalue weighted by Crippen LogP contribution is 2.25. The first kappa shape index (κ1) is 14.4. The molecule has 0 aromatic heterocycles. The number of rotatable bonds is 6. The number of para-hydroxylation sites is 1. The van der Waals surface area contributed by atoms with Gasteiger partial charge < -0.3 is 16.4 Å². The molecule has 0 spiro atoms. The minimum atomic E-state index is -0.484. The summed E-state index contributed by atoms with van der Waals surface area (Å²) in [7, 11) is 0. The van der Waals surface area contributed by atoms with E-state index in [0.29, 0.717) is 17.8 Å². The first-order valence-corrected chi connectivity index (χ1v) is 5.96. The number of nitrogens with two attached hydrogens (primary N) is 2. The Morgan fingerprint density at radius 1 is 1.44 bits per heavy atom. The molecule has 0 saturated heterocycles. The average molecular weight is 253 g/mol. The number of anilines is 1. The van der Waals surface area contributed by atoms with Gasteiger partial charge in [-0.3, -0.25) is 4.79 Å². The number of amides is 1. The number of nitrogens with zero attached hydrogens (tertiary/aromatic N) is 1. The van der Waals surface area contributed by atoms with Crippen LogP contribution in [0.3, 0.4) is 0 Å². The monoisotopic (exact) mass is 253 g/mol. The molecular formula is C13H20FN3O. The van der Waals surface area contributed by atoms with Crippen LogP contribution in [0.15, 0.2) is 18.2 Å². The van der Waals surface area contributed by atoms with Gasteiger partial charge in [0.15, 0.2) is 0 Å². The first-order valence-electron chi connectivity index (χ1n) is 5.96. The van der Waals surface area contributed by atoms with Gasteiger partial charge in [-0.1, -0.05) is 26.0 Å². The molecule has 0 fully saturated rings. The molecule has 0 aliphatic heterocycles. The standard InChI is InChI=1S/C13H20FN3O/c1-9(2)7-17(8-12(16)18)13-10(6-15)4-3-5-11(13)14/h3-5,9H,6-8,15H2,1-2H3,(H2,16,18). The highest BCUT2D eigenvalue weighted by Gasteiger charge is 2.18. The summed E-state index contributed by atoms with van der Waals surface area (Å²) in [5.74, 6) is -0.573. The Hall–Kier alpha value is -1.62. The van der Waals surface area contributed by atoms with Crippen LogP contribution < -0.4 is 16.4 Å². The van der Waals surface area contributed by atoms with Crippen LogP contribution >= 0.6 is 0 Å².